The molecule has 0 aliphatic carbocycles. The molecule has 0 saturated carbocycles. The number of amides is 2. The highest BCUT2D eigenvalue weighted by Crippen LogP contribution is 2.21. The molecule has 7 nitrogen and oxygen atoms in total. The Bertz CT molecular complexity index is 913. The van der Waals surface area contributed by atoms with Gasteiger partial charge in [-0.3, -0.25) is 13.9 Å². The quantitative estimate of drug-likeness (QED) is 0.698. The highest BCUT2D eigenvalue weighted by Gasteiger charge is 2.17. The van der Waals surface area contributed by atoms with Gasteiger partial charge in [-0.2, -0.15) is 0 Å². The summed E-state index contributed by atoms with van der Waals surface area (Å²) in [4.78, 5) is 23.1. The van der Waals surface area contributed by atoms with Gasteiger partial charge < -0.3 is 11.1 Å². The van der Waals surface area contributed by atoms with Gasteiger partial charge in [-0.25, -0.2) is 8.42 Å². The van der Waals surface area contributed by atoms with Crippen LogP contribution in [0.1, 0.15) is 23.2 Å². The summed E-state index contributed by atoms with van der Waals surface area (Å²) in [7, 11) is -3.49. The van der Waals surface area contributed by atoms with Crippen molar-refractivity contribution >= 4 is 44.8 Å². The van der Waals surface area contributed by atoms with E-state index >= 15 is 0 Å². The summed E-state index contributed by atoms with van der Waals surface area (Å²) in [6, 6.07) is 12.6. The molecule has 0 radical (unpaired) electrons. The zero-order chi connectivity index (χ0) is 20.0. The Labute approximate surface area is 163 Å². The molecule has 2 aromatic rings. The van der Waals surface area contributed by atoms with Crippen LogP contribution in [0.25, 0.3) is 0 Å². The Morgan fingerprint density at radius 1 is 1.07 bits per heavy atom. The van der Waals surface area contributed by atoms with E-state index in [-0.39, 0.29) is 18.9 Å². The number of halogens is 1. The van der Waals surface area contributed by atoms with Crippen LogP contribution < -0.4 is 15.4 Å². The van der Waals surface area contributed by atoms with E-state index in [0.717, 1.165) is 6.26 Å². The van der Waals surface area contributed by atoms with E-state index < -0.39 is 15.9 Å². The van der Waals surface area contributed by atoms with Gasteiger partial charge in [0.25, 0.3) is 0 Å². The lowest BCUT2D eigenvalue weighted by molar-refractivity contribution is -0.116. The molecule has 9 heteroatoms. The maximum Gasteiger partial charge on any atom is 0.248 e. The minimum Gasteiger partial charge on any atom is -0.366 e. The number of carbonyl (C=O) groups excluding carboxylic acids is 2. The van der Waals surface area contributed by atoms with Crippen molar-refractivity contribution in [1.29, 1.82) is 0 Å². The third kappa shape index (κ3) is 6.26. The van der Waals surface area contributed by atoms with E-state index in [9.17, 15) is 18.0 Å². The fourth-order valence-corrected chi connectivity index (χ4v) is 3.51. The van der Waals surface area contributed by atoms with Gasteiger partial charge in [0, 0.05) is 29.2 Å². The van der Waals surface area contributed by atoms with Crippen molar-refractivity contribution in [2.24, 2.45) is 5.73 Å². The minimum absolute atomic E-state index is 0.136. The molecule has 2 aromatic carbocycles. The van der Waals surface area contributed by atoms with E-state index in [1.165, 1.54) is 16.4 Å². The van der Waals surface area contributed by atoms with Crippen molar-refractivity contribution < 1.29 is 18.0 Å². The van der Waals surface area contributed by atoms with Gasteiger partial charge in [0.1, 0.15) is 0 Å². The third-order valence-electron chi connectivity index (χ3n) is 3.73. The van der Waals surface area contributed by atoms with Crippen molar-refractivity contribution in [3.05, 3.63) is 59.1 Å². The molecule has 0 spiro atoms. The maximum absolute atomic E-state index is 12.1. The van der Waals surface area contributed by atoms with Crippen molar-refractivity contribution in [2.75, 3.05) is 22.4 Å². The van der Waals surface area contributed by atoms with E-state index in [2.05, 4.69) is 5.32 Å². The van der Waals surface area contributed by atoms with Crippen LogP contribution in [0.5, 0.6) is 0 Å². The molecular formula is C18H20ClN3O4S. The van der Waals surface area contributed by atoms with E-state index in [1.54, 1.807) is 36.4 Å². The van der Waals surface area contributed by atoms with Gasteiger partial charge >= 0.3 is 0 Å². The predicted molar refractivity (Wildman–Crippen MR) is 106 cm³/mol. The summed E-state index contributed by atoms with van der Waals surface area (Å²) < 4.78 is 25.3. The van der Waals surface area contributed by atoms with Crippen molar-refractivity contribution in [3.8, 4) is 0 Å². The molecule has 27 heavy (non-hydrogen) atoms. The minimum atomic E-state index is -3.49. The summed E-state index contributed by atoms with van der Waals surface area (Å²) in [5.74, 6) is -0.803. The zero-order valence-electron chi connectivity index (χ0n) is 14.7. The molecule has 2 rings (SSSR count). The highest BCUT2D eigenvalue weighted by atomic mass is 35.5. The molecule has 0 aliphatic heterocycles. The Kier molecular flexibility index (Phi) is 6.81. The van der Waals surface area contributed by atoms with E-state index in [4.69, 9.17) is 17.3 Å². The standard InChI is InChI=1S/C18H20ClN3O4S/c1-27(25,26)22(16-10-6-14(19)7-11-16)12-2-3-17(23)21-15-8-4-13(5-9-15)18(20)24/h4-11H,2-3,12H2,1H3,(H2,20,24)(H,21,23). The van der Waals surface area contributed by atoms with Crippen LogP contribution in [-0.4, -0.2) is 33.0 Å². The summed E-state index contributed by atoms with van der Waals surface area (Å²) >= 11 is 5.83. The Hall–Kier alpha value is -2.58. The smallest absolute Gasteiger partial charge is 0.248 e. The van der Waals surface area contributed by atoms with E-state index in [1.807, 2.05) is 0 Å². The Morgan fingerprint density at radius 3 is 2.19 bits per heavy atom. The van der Waals surface area contributed by atoms with Crippen LogP contribution in [0.4, 0.5) is 11.4 Å². The van der Waals surface area contributed by atoms with Gasteiger partial charge in [0.05, 0.1) is 11.9 Å². The first-order valence-electron chi connectivity index (χ1n) is 8.10. The number of hydrogen-bond donors (Lipinski definition) is 2. The number of benzene rings is 2. The second kappa shape index (κ2) is 8.88. The summed E-state index contributed by atoms with van der Waals surface area (Å²) in [5.41, 5.74) is 6.53. The number of anilines is 2. The topological polar surface area (TPSA) is 110 Å². The first-order valence-corrected chi connectivity index (χ1v) is 10.3. The third-order valence-corrected chi connectivity index (χ3v) is 5.18. The predicted octanol–water partition coefficient (Wildman–Crippen LogP) is 2.62. The lowest BCUT2D eigenvalue weighted by atomic mass is 10.2. The largest absolute Gasteiger partial charge is 0.366 e. The van der Waals surface area contributed by atoms with Crippen LogP contribution in [0.3, 0.4) is 0 Å². The summed E-state index contributed by atoms with van der Waals surface area (Å²) in [6.07, 6.45) is 1.58. The maximum atomic E-state index is 12.1. The van der Waals surface area contributed by atoms with Gasteiger partial charge in [0.2, 0.25) is 21.8 Å². The number of rotatable bonds is 8. The first kappa shape index (κ1) is 20.7. The van der Waals surface area contributed by atoms with Gasteiger partial charge in [-0.1, -0.05) is 11.6 Å². The number of nitrogens with two attached hydrogens (primary N) is 1. The molecule has 3 N–H and O–H groups in total. The normalized spacial score (nSPS) is 11.0. The van der Waals surface area contributed by atoms with Crippen LogP contribution in [0.2, 0.25) is 5.02 Å². The van der Waals surface area contributed by atoms with Crippen LogP contribution in [0.15, 0.2) is 48.5 Å². The SMILES string of the molecule is CS(=O)(=O)N(CCCC(=O)Nc1ccc(C(N)=O)cc1)c1ccc(Cl)cc1. The molecule has 2 amide bonds. The molecule has 0 aromatic heterocycles. The Morgan fingerprint density at radius 2 is 1.67 bits per heavy atom. The van der Waals surface area contributed by atoms with Crippen LogP contribution in [0, 0.1) is 0 Å². The molecule has 0 aliphatic rings. The lowest BCUT2D eigenvalue weighted by Crippen LogP contribution is -2.31. The number of nitrogens with zero attached hydrogens (tertiary/aromatic N) is 1. The molecule has 144 valence electrons. The molecular weight excluding hydrogens is 390 g/mol. The number of nitrogens with one attached hydrogen (secondary N) is 1. The number of carbonyl (C=O) groups is 2. The molecule has 0 fully saturated rings. The van der Waals surface area contributed by atoms with Gasteiger partial charge in [-0.05, 0) is 55.0 Å². The number of primary amides is 1. The monoisotopic (exact) mass is 409 g/mol. The van der Waals surface area contributed by atoms with Crippen molar-refractivity contribution in [2.45, 2.75) is 12.8 Å². The van der Waals surface area contributed by atoms with E-state index in [0.29, 0.717) is 28.4 Å². The number of sulfonamides is 1. The average molecular weight is 410 g/mol. The zero-order valence-corrected chi connectivity index (χ0v) is 16.3. The molecule has 0 atom stereocenters. The average Bonchev–Trinajstić information content (AvgIpc) is 2.59. The van der Waals surface area contributed by atoms with Gasteiger partial charge in [-0.15, -0.1) is 0 Å². The second-order valence-electron chi connectivity index (χ2n) is 5.90. The lowest BCUT2D eigenvalue weighted by Gasteiger charge is -2.22. The molecule has 0 heterocycles. The second-order valence-corrected chi connectivity index (χ2v) is 8.25. The van der Waals surface area contributed by atoms with Crippen molar-refractivity contribution in [3.63, 3.8) is 0 Å². The molecule has 0 saturated heterocycles. The highest BCUT2D eigenvalue weighted by molar-refractivity contribution is 7.92. The first-order chi connectivity index (χ1) is 12.7. The Balaban J connectivity index is 1.93. The van der Waals surface area contributed by atoms with Crippen molar-refractivity contribution in [1.82, 2.24) is 0 Å². The molecule has 0 bridgehead atoms. The molecule has 0 unspecified atom stereocenters. The summed E-state index contributed by atoms with van der Waals surface area (Å²) in [6.45, 7) is 0.161. The van der Waals surface area contributed by atoms with Crippen LogP contribution in [-0.2, 0) is 14.8 Å². The fraction of sp³-hybridized carbons (Fsp3) is 0.222. The van der Waals surface area contributed by atoms with Crippen LogP contribution >= 0.6 is 11.6 Å². The number of hydrogen-bond acceptors (Lipinski definition) is 4. The van der Waals surface area contributed by atoms with Gasteiger partial charge in [0.15, 0.2) is 0 Å². The fourth-order valence-electron chi connectivity index (χ4n) is 2.42. The summed E-state index contributed by atoms with van der Waals surface area (Å²) in [5, 5.41) is 3.20.